The molecule has 0 aromatic carbocycles. The van der Waals surface area contributed by atoms with Gasteiger partial charge in [0.25, 0.3) is 0 Å². The quantitative estimate of drug-likeness (QED) is 0.653. The molecule has 5 heteroatoms. The van der Waals surface area contributed by atoms with E-state index in [9.17, 15) is 4.79 Å². The summed E-state index contributed by atoms with van der Waals surface area (Å²) in [6.07, 6.45) is 1.05. The molecule has 0 radical (unpaired) electrons. The molecule has 0 aromatic rings. The van der Waals surface area contributed by atoms with Gasteiger partial charge in [0.05, 0.1) is 6.61 Å². The molecule has 1 fully saturated rings. The molecule has 13 heavy (non-hydrogen) atoms. The van der Waals surface area contributed by atoms with Crippen LogP contribution in [0.1, 0.15) is 6.42 Å². The maximum absolute atomic E-state index is 11.4. The molecular weight excluding hydrogens is 188 g/mol. The van der Waals surface area contributed by atoms with Crippen LogP contribution >= 0.6 is 11.8 Å². The lowest BCUT2D eigenvalue weighted by Gasteiger charge is -2.15. The summed E-state index contributed by atoms with van der Waals surface area (Å²) >= 11 is 1.86. The second-order valence-electron chi connectivity index (χ2n) is 3.13. The van der Waals surface area contributed by atoms with E-state index in [0.29, 0.717) is 6.04 Å². The fourth-order valence-corrected chi connectivity index (χ4v) is 2.36. The fraction of sp³-hybridized carbons (Fsp3) is 0.875. The summed E-state index contributed by atoms with van der Waals surface area (Å²) in [6.45, 7) is 0.283. The topological polar surface area (TPSA) is 64.3 Å². The molecule has 0 spiro atoms. The number of rotatable bonds is 4. The van der Waals surface area contributed by atoms with Crippen molar-refractivity contribution in [3.8, 4) is 0 Å². The number of hydrogen-bond acceptors (Lipinski definition) is 4. The van der Waals surface area contributed by atoms with Gasteiger partial charge in [0, 0.05) is 18.9 Å². The molecule has 76 valence electrons. The Hall–Kier alpha value is -0.260. The normalized spacial score (nSPS) is 24.3. The second-order valence-corrected chi connectivity index (χ2v) is 4.28. The van der Waals surface area contributed by atoms with Crippen molar-refractivity contribution in [1.29, 1.82) is 0 Å². The minimum absolute atomic E-state index is 0.102. The van der Waals surface area contributed by atoms with E-state index in [2.05, 4.69) is 5.32 Å². The second kappa shape index (κ2) is 5.47. The van der Waals surface area contributed by atoms with Gasteiger partial charge in [-0.2, -0.15) is 11.8 Å². The molecule has 0 saturated carbocycles. The third kappa shape index (κ3) is 3.54. The summed E-state index contributed by atoms with van der Waals surface area (Å²) < 4.78 is 4.80. The highest BCUT2D eigenvalue weighted by molar-refractivity contribution is 7.99. The summed E-state index contributed by atoms with van der Waals surface area (Å²) in [7, 11) is 1.54. The first-order valence-electron chi connectivity index (χ1n) is 4.36. The van der Waals surface area contributed by atoms with Crippen molar-refractivity contribution in [2.24, 2.45) is 5.73 Å². The molecule has 1 saturated heterocycles. The maximum Gasteiger partial charge on any atom is 0.239 e. The molecule has 1 aliphatic rings. The first kappa shape index (κ1) is 10.8. The van der Waals surface area contributed by atoms with Gasteiger partial charge in [0.1, 0.15) is 6.04 Å². The molecule has 1 aliphatic heterocycles. The van der Waals surface area contributed by atoms with Crippen molar-refractivity contribution in [3.63, 3.8) is 0 Å². The van der Waals surface area contributed by atoms with Crippen molar-refractivity contribution < 1.29 is 9.53 Å². The number of amides is 1. The van der Waals surface area contributed by atoms with Crippen LogP contribution in [-0.2, 0) is 9.53 Å². The smallest absolute Gasteiger partial charge is 0.239 e. The monoisotopic (exact) mass is 204 g/mol. The van der Waals surface area contributed by atoms with Crippen molar-refractivity contribution in [2.45, 2.75) is 18.5 Å². The lowest BCUT2D eigenvalue weighted by molar-refractivity contribution is -0.124. The number of nitrogens with one attached hydrogen (secondary N) is 1. The molecule has 1 heterocycles. The Morgan fingerprint density at radius 1 is 1.85 bits per heavy atom. The summed E-state index contributed by atoms with van der Waals surface area (Å²) in [5.41, 5.74) is 5.56. The number of thioether (sulfide) groups is 1. The van der Waals surface area contributed by atoms with Crippen LogP contribution in [-0.4, -0.2) is 43.2 Å². The number of carbonyl (C=O) groups excluding carboxylic acids is 1. The molecular formula is C8H16N2O2S. The number of nitrogens with two attached hydrogens (primary N) is 1. The van der Waals surface area contributed by atoms with Crippen molar-refractivity contribution >= 4 is 17.7 Å². The standard InChI is InChI=1S/C8H16N2O2S/c1-12-4-7(9)8(11)10-6-2-3-13-5-6/h6-7H,2-5,9H2,1H3,(H,10,11). The summed E-state index contributed by atoms with van der Waals surface area (Å²) in [4.78, 5) is 11.4. The minimum atomic E-state index is -0.532. The average Bonchev–Trinajstić information content (AvgIpc) is 2.57. The van der Waals surface area contributed by atoms with Crippen LogP contribution < -0.4 is 11.1 Å². The zero-order valence-corrected chi connectivity index (χ0v) is 8.60. The first-order chi connectivity index (χ1) is 6.24. The van der Waals surface area contributed by atoms with Crippen LogP contribution in [0.3, 0.4) is 0 Å². The molecule has 4 nitrogen and oxygen atoms in total. The van der Waals surface area contributed by atoms with Crippen LogP contribution in [0.15, 0.2) is 0 Å². The predicted molar refractivity (Wildman–Crippen MR) is 53.7 cm³/mol. The van der Waals surface area contributed by atoms with E-state index in [1.165, 1.54) is 0 Å². The molecule has 0 aliphatic carbocycles. The average molecular weight is 204 g/mol. The van der Waals surface area contributed by atoms with Gasteiger partial charge in [-0.25, -0.2) is 0 Å². The van der Waals surface area contributed by atoms with Crippen LogP contribution in [0.25, 0.3) is 0 Å². The molecule has 0 bridgehead atoms. The van der Waals surface area contributed by atoms with Crippen molar-refractivity contribution in [1.82, 2.24) is 5.32 Å². The van der Waals surface area contributed by atoms with E-state index >= 15 is 0 Å². The van der Waals surface area contributed by atoms with E-state index in [-0.39, 0.29) is 12.5 Å². The highest BCUT2D eigenvalue weighted by atomic mass is 32.2. The third-order valence-electron chi connectivity index (χ3n) is 1.96. The van der Waals surface area contributed by atoms with Gasteiger partial charge in [0.15, 0.2) is 0 Å². The third-order valence-corrected chi connectivity index (χ3v) is 3.12. The highest BCUT2D eigenvalue weighted by Gasteiger charge is 2.20. The Labute approximate surface area is 82.6 Å². The summed E-state index contributed by atoms with van der Waals surface area (Å²) in [5.74, 6) is 2.03. The van der Waals surface area contributed by atoms with Crippen LogP contribution in [0.4, 0.5) is 0 Å². The lowest BCUT2D eigenvalue weighted by atomic mass is 10.2. The van der Waals surface area contributed by atoms with E-state index in [1.54, 1.807) is 7.11 Å². The zero-order chi connectivity index (χ0) is 9.68. The maximum atomic E-state index is 11.4. The Bertz CT molecular complexity index is 172. The Morgan fingerprint density at radius 2 is 2.62 bits per heavy atom. The number of hydrogen-bond donors (Lipinski definition) is 2. The lowest BCUT2D eigenvalue weighted by Crippen LogP contribution is -2.47. The molecule has 1 rings (SSSR count). The van der Waals surface area contributed by atoms with E-state index in [4.69, 9.17) is 10.5 Å². The van der Waals surface area contributed by atoms with Crippen molar-refractivity contribution in [2.75, 3.05) is 25.2 Å². The molecule has 1 amide bonds. The molecule has 2 unspecified atom stereocenters. The molecule has 0 aromatic heterocycles. The van der Waals surface area contributed by atoms with Gasteiger partial charge in [0.2, 0.25) is 5.91 Å². The summed E-state index contributed by atoms with van der Waals surface area (Å²) in [5, 5.41) is 2.90. The molecule has 3 N–H and O–H groups in total. The number of carbonyl (C=O) groups is 1. The van der Waals surface area contributed by atoms with Crippen LogP contribution in [0.5, 0.6) is 0 Å². The predicted octanol–water partition coefficient (Wildman–Crippen LogP) is -0.418. The van der Waals surface area contributed by atoms with E-state index in [0.717, 1.165) is 17.9 Å². The minimum Gasteiger partial charge on any atom is -0.383 e. The Kier molecular flexibility index (Phi) is 4.55. The summed E-state index contributed by atoms with van der Waals surface area (Å²) in [6, 6.07) is -0.226. The Morgan fingerprint density at radius 3 is 3.15 bits per heavy atom. The van der Waals surface area contributed by atoms with Crippen molar-refractivity contribution in [3.05, 3.63) is 0 Å². The van der Waals surface area contributed by atoms with Gasteiger partial charge in [-0.15, -0.1) is 0 Å². The van der Waals surface area contributed by atoms with Gasteiger partial charge >= 0.3 is 0 Å². The first-order valence-corrected chi connectivity index (χ1v) is 5.52. The van der Waals surface area contributed by atoms with E-state index < -0.39 is 6.04 Å². The van der Waals surface area contributed by atoms with Crippen LogP contribution in [0, 0.1) is 0 Å². The van der Waals surface area contributed by atoms with Gasteiger partial charge in [-0.1, -0.05) is 0 Å². The zero-order valence-electron chi connectivity index (χ0n) is 7.79. The Balaban J connectivity index is 2.22. The number of methoxy groups -OCH3 is 1. The molecule has 2 atom stereocenters. The van der Waals surface area contributed by atoms with Gasteiger partial charge in [-0.3, -0.25) is 4.79 Å². The fourth-order valence-electron chi connectivity index (χ4n) is 1.21. The van der Waals surface area contributed by atoms with Crippen LogP contribution in [0.2, 0.25) is 0 Å². The number of ether oxygens (including phenoxy) is 1. The van der Waals surface area contributed by atoms with Gasteiger partial charge < -0.3 is 15.8 Å². The highest BCUT2D eigenvalue weighted by Crippen LogP contribution is 2.16. The SMILES string of the molecule is COCC(N)C(=O)NC1CCSC1. The largest absolute Gasteiger partial charge is 0.383 e. The van der Waals surface area contributed by atoms with E-state index in [1.807, 2.05) is 11.8 Å². The van der Waals surface area contributed by atoms with Gasteiger partial charge in [-0.05, 0) is 12.2 Å².